The molecule has 0 aliphatic carbocycles. The largest absolute Gasteiger partial charge is 0.491 e. The monoisotopic (exact) mass is 313 g/mol. The van der Waals surface area contributed by atoms with E-state index in [9.17, 15) is 0 Å². The number of fused-ring (bicyclic) bond motifs is 1. The van der Waals surface area contributed by atoms with Gasteiger partial charge in [0.1, 0.15) is 22.7 Å². The maximum Gasteiger partial charge on any atom is 0.142 e. The van der Waals surface area contributed by atoms with Crippen LogP contribution in [0.15, 0.2) is 36.7 Å². The summed E-state index contributed by atoms with van der Waals surface area (Å²) < 4.78 is 5.79. The molecule has 0 saturated carbocycles. The average Bonchev–Trinajstić information content (AvgIpc) is 2.98. The highest BCUT2D eigenvalue weighted by atomic mass is 32.1. The highest BCUT2D eigenvalue weighted by molar-refractivity contribution is 7.18. The average molecular weight is 313 g/mol. The molecule has 3 rings (SSSR count). The van der Waals surface area contributed by atoms with Gasteiger partial charge in [-0.1, -0.05) is 26.0 Å². The van der Waals surface area contributed by atoms with Crippen molar-refractivity contribution in [2.75, 3.05) is 11.9 Å². The molecule has 0 bridgehead atoms. The summed E-state index contributed by atoms with van der Waals surface area (Å²) in [5.74, 6) is 1.68. The molecule has 5 heteroatoms. The Morgan fingerprint density at radius 3 is 2.86 bits per heavy atom. The van der Waals surface area contributed by atoms with Crippen LogP contribution in [0.5, 0.6) is 5.75 Å². The maximum absolute atomic E-state index is 5.79. The van der Waals surface area contributed by atoms with E-state index in [-0.39, 0.29) is 0 Å². The first kappa shape index (κ1) is 14.8. The minimum Gasteiger partial charge on any atom is -0.491 e. The Labute approximate surface area is 134 Å². The minimum atomic E-state index is 0.705. The number of para-hydroxylation sites is 2. The number of aromatic nitrogens is 2. The normalized spacial score (nSPS) is 10.8. The summed E-state index contributed by atoms with van der Waals surface area (Å²) in [4.78, 5) is 11.1. The van der Waals surface area contributed by atoms with Crippen molar-refractivity contribution in [3.05, 3.63) is 41.5 Å². The van der Waals surface area contributed by atoms with Gasteiger partial charge in [0.15, 0.2) is 0 Å². The standard InChI is InChI=1S/C17H19N3OS/c1-3-9-21-15-8-6-5-7-14(15)20-16-13-10-12(4-2)22-17(13)19-11-18-16/h5-8,10-11H,3-4,9H2,1-2H3,(H,18,19,20). The molecular formula is C17H19N3OS. The number of rotatable bonds is 6. The third kappa shape index (κ3) is 3.04. The molecule has 2 aromatic heterocycles. The molecule has 0 atom stereocenters. The Hall–Kier alpha value is -2.14. The fraction of sp³-hybridized carbons (Fsp3) is 0.294. The van der Waals surface area contributed by atoms with Crippen LogP contribution in [0.3, 0.4) is 0 Å². The van der Waals surface area contributed by atoms with Crippen molar-refractivity contribution in [3.63, 3.8) is 0 Å². The van der Waals surface area contributed by atoms with Gasteiger partial charge in [0.25, 0.3) is 0 Å². The summed E-state index contributed by atoms with van der Waals surface area (Å²) in [6.45, 7) is 4.96. The first-order valence-corrected chi connectivity index (χ1v) is 8.35. The SMILES string of the molecule is CCCOc1ccccc1Nc1ncnc2sc(CC)cc12. The zero-order valence-corrected chi connectivity index (χ0v) is 13.6. The highest BCUT2D eigenvalue weighted by Crippen LogP contribution is 2.32. The lowest BCUT2D eigenvalue weighted by Gasteiger charge is -2.12. The van der Waals surface area contributed by atoms with Gasteiger partial charge >= 0.3 is 0 Å². The molecule has 1 aromatic carbocycles. The Morgan fingerprint density at radius 2 is 2.05 bits per heavy atom. The van der Waals surface area contributed by atoms with Crippen LogP contribution in [0.25, 0.3) is 10.2 Å². The molecule has 4 nitrogen and oxygen atoms in total. The Balaban J connectivity index is 1.95. The molecular weight excluding hydrogens is 294 g/mol. The van der Waals surface area contributed by atoms with E-state index >= 15 is 0 Å². The highest BCUT2D eigenvalue weighted by Gasteiger charge is 2.10. The van der Waals surface area contributed by atoms with Gasteiger partial charge in [-0.05, 0) is 31.0 Å². The second-order valence-electron chi connectivity index (χ2n) is 4.98. The van der Waals surface area contributed by atoms with Gasteiger partial charge in [0.2, 0.25) is 0 Å². The summed E-state index contributed by atoms with van der Waals surface area (Å²) in [6.07, 6.45) is 3.60. The zero-order valence-electron chi connectivity index (χ0n) is 12.8. The third-order valence-corrected chi connectivity index (χ3v) is 4.52. The predicted molar refractivity (Wildman–Crippen MR) is 92.3 cm³/mol. The van der Waals surface area contributed by atoms with Crippen LogP contribution >= 0.6 is 11.3 Å². The molecule has 0 radical (unpaired) electrons. The Kier molecular flexibility index (Phi) is 4.53. The molecule has 3 aromatic rings. The summed E-state index contributed by atoms with van der Waals surface area (Å²) in [5.41, 5.74) is 0.931. The number of hydrogen-bond acceptors (Lipinski definition) is 5. The topological polar surface area (TPSA) is 47.0 Å². The number of benzene rings is 1. The van der Waals surface area contributed by atoms with Gasteiger partial charge < -0.3 is 10.1 Å². The van der Waals surface area contributed by atoms with Gasteiger partial charge in [0, 0.05) is 4.88 Å². The maximum atomic E-state index is 5.79. The van der Waals surface area contributed by atoms with Crippen LogP contribution in [0.4, 0.5) is 11.5 Å². The van der Waals surface area contributed by atoms with Crippen LogP contribution in [0.2, 0.25) is 0 Å². The van der Waals surface area contributed by atoms with Crippen molar-refractivity contribution in [2.45, 2.75) is 26.7 Å². The number of thiophene rings is 1. The second-order valence-corrected chi connectivity index (χ2v) is 6.09. The molecule has 0 spiro atoms. The van der Waals surface area contributed by atoms with Crippen LogP contribution in [0, 0.1) is 0 Å². The molecule has 0 amide bonds. The van der Waals surface area contributed by atoms with Crippen molar-refractivity contribution in [3.8, 4) is 5.75 Å². The van der Waals surface area contributed by atoms with E-state index in [1.165, 1.54) is 4.88 Å². The number of nitrogens with one attached hydrogen (secondary N) is 1. The van der Waals surface area contributed by atoms with Crippen LogP contribution < -0.4 is 10.1 Å². The van der Waals surface area contributed by atoms with Crippen molar-refractivity contribution in [1.29, 1.82) is 0 Å². The molecule has 114 valence electrons. The summed E-state index contributed by atoms with van der Waals surface area (Å²) >= 11 is 1.72. The van der Waals surface area contributed by atoms with Crippen LogP contribution in [-0.2, 0) is 6.42 Å². The van der Waals surface area contributed by atoms with E-state index in [0.717, 1.165) is 40.3 Å². The van der Waals surface area contributed by atoms with E-state index in [4.69, 9.17) is 4.74 Å². The number of nitrogens with zero attached hydrogens (tertiary/aromatic N) is 2. The summed E-state index contributed by atoms with van der Waals surface area (Å²) in [6, 6.07) is 10.1. The van der Waals surface area contributed by atoms with E-state index in [1.54, 1.807) is 17.7 Å². The molecule has 1 N–H and O–H groups in total. The van der Waals surface area contributed by atoms with Crippen molar-refractivity contribution < 1.29 is 4.74 Å². The fourth-order valence-electron chi connectivity index (χ4n) is 2.21. The summed E-state index contributed by atoms with van der Waals surface area (Å²) in [5, 5.41) is 4.46. The molecule has 0 aliphatic heterocycles. The van der Waals surface area contributed by atoms with Crippen LogP contribution in [0.1, 0.15) is 25.1 Å². The predicted octanol–water partition coefficient (Wildman–Crippen LogP) is 4.79. The van der Waals surface area contributed by atoms with E-state index in [2.05, 4.69) is 35.2 Å². The lowest BCUT2D eigenvalue weighted by molar-refractivity contribution is 0.319. The lowest BCUT2D eigenvalue weighted by Crippen LogP contribution is -2.00. The Bertz CT molecular complexity index is 769. The van der Waals surface area contributed by atoms with Gasteiger partial charge in [-0.3, -0.25) is 0 Å². The molecule has 0 fully saturated rings. The summed E-state index contributed by atoms with van der Waals surface area (Å²) in [7, 11) is 0. The van der Waals surface area contributed by atoms with Crippen molar-refractivity contribution in [1.82, 2.24) is 9.97 Å². The minimum absolute atomic E-state index is 0.705. The fourth-order valence-corrected chi connectivity index (χ4v) is 3.15. The molecule has 2 heterocycles. The van der Waals surface area contributed by atoms with E-state index < -0.39 is 0 Å². The second kappa shape index (κ2) is 6.75. The molecule has 22 heavy (non-hydrogen) atoms. The Morgan fingerprint density at radius 1 is 1.18 bits per heavy atom. The lowest BCUT2D eigenvalue weighted by atomic mass is 10.2. The molecule has 0 aliphatic rings. The smallest absolute Gasteiger partial charge is 0.142 e. The third-order valence-electron chi connectivity index (χ3n) is 3.33. The van der Waals surface area contributed by atoms with Crippen LogP contribution in [-0.4, -0.2) is 16.6 Å². The van der Waals surface area contributed by atoms with Crippen molar-refractivity contribution >= 4 is 33.1 Å². The number of anilines is 2. The first-order valence-electron chi connectivity index (χ1n) is 7.54. The number of hydrogen-bond donors (Lipinski definition) is 1. The van der Waals surface area contributed by atoms with Gasteiger partial charge in [-0.2, -0.15) is 0 Å². The van der Waals surface area contributed by atoms with Gasteiger partial charge in [-0.25, -0.2) is 9.97 Å². The number of aryl methyl sites for hydroxylation is 1. The number of ether oxygens (including phenoxy) is 1. The van der Waals surface area contributed by atoms with E-state index in [1.807, 2.05) is 24.3 Å². The van der Waals surface area contributed by atoms with Crippen molar-refractivity contribution in [2.24, 2.45) is 0 Å². The molecule has 0 saturated heterocycles. The van der Waals surface area contributed by atoms with E-state index in [0.29, 0.717) is 6.61 Å². The first-order chi connectivity index (χ1) is 10.8. The van der Waals surface area contributed by atoms with Gasteiger partial charge in [-0.15, -0.1) is 11.3 Å². The quantitative estimate of drug-likeness (QED) is 0.711. The van der Waals surface area contributed by atoms with Gasteiger partial charge in [0.05, 0.1) is 17.7 Å². The molecule has 0 unspecified atom stereocenters. The zero-order chi connectivity index (χ0) is 15.4.